The molecule has 0 aliphatic carbocycles. The van der Waals surface area contributed by atoms with Gasteiger partial charge in [-0.2, -0.15) is 13.2 Å². The third-order valence-corrected chi connectivity index (χ3v) is 3.00. The van der Waals surface area contributed by atoms with E-state index in [1.54, 1.807) is 0 Å². The Morgan fingerprint density at radius 3 is 1.79 bits per heavy atom. The number of alkyl halides is 3. The number of halogens is 8. The summed E-state index contributed by atoms with van der Waals surface area (Å²) in [7, 11) is -10.4. The van der Waals surface area contributed by atoms with Crippen molar-refractivity contribution in [3.05, 3.63) is 33.9 Å². The van der Waals surface area contributed by atoms with Crippen molar-refractivity contribution in [3.63, 3.8) is 0 Å². The molecule has 19 heavy (non-hydrogen) atoms. The average Bonchev–Trinajstić information content (AvgIpc) is 2.12. The maximum Gasteiger partial charge on any atom is 0.416 e. The van der Waals surface area contributed by atoms with Crippen LogP contribution in [0.4, 0.5) is 38.3 Å². The van der Waals surface area contributed by atoms with E-state index in [1.807, 2.05) is 0 Å². The molecule has 12 heteroatoms. The summed E-state index contributed by atoms with van der Waals surface area (Å²) in [6, 6.07) is -1.74. The van der Waals surface area contributed by atoms with Crippen molar-refractivity contribution in [2.24, 2.45) is 0 Å². The summed E-state index contributed by atoms with van der Waals surface area (Å²) < 4.78 is 98.5. The van der Waals surface area contributed by atoms with Gasteiger partial charge in [-0.05, 0) is 6.07 Å². The first-order valence-corrected chi connectivity index (χ1v) is 6.06. The van der Waals surface area contributed by atoms with Crippen LogP contribution < -0.4 is 0 Å². The largest absolute Gasteiger partial charge is 0.416 e. The van der Waals surface area contributed by atoms with Crippen molar-refractivity contribution in [2.75, 3.05) is 0 Å². The van der Waals surface area contributed by atoms with Gasteiger partial charge in [0.05, 0.1) is 10.5 Å². The lowest BCUT2D eigenvalue weighted by atomic mass is 10.2. The van der Waals surface area contributed by atoms with E-state index in [2.05, 4.69) is 0 Å². The maximum absolute atomic E-state index is 12.4. The second-order valence-electron chi connectivity index (χ2n) is 3.44. The molecule has 1 aromatic carbocycles. The van der Waals surface area contributed by atoms with Crippen molar-refractivity contribution >= 4 is 15.9 Å². The summed E-state index contributed by atoms with van der Waals surface area (Å²) in [6.07, 6.45) is -5.43. The maximum atomic E-state index is 12.4. The first kappa shape index (κ1) is 15.5. The SMILES string of the molecule is O=[N+]([O-])c1cc(C(F)(F)F)cc(S(F)(F)(F)(F)F)c1. The lowest BCUT2D eigenvalue weighted by molar-refractivity contribution is -0.385. The average molecular weight is 317 g/mol. The van der Waals surface area contributed by atoms with Crippen molar-refractivity contribution in [1.29, 1.82) is 0 Å². The van der Waals surface area contributed by atoms with Gasteiger partial charge in [-0.1, -0.05) is 19.4 Å². The fourth-order valence-electron chi connectivity index (χ4n) is 1.08. The predicted molar refractivity (Wildman–Crippen MR) is 49.5 cm³/mol. The molecule has 0 aliphatic heterocycles. The van der Waals surface area contributed by atoms with E-state index < -0.39 is 49.6 Å². The van der Waals surface area contributed by atoms with Gasteiger partial charge < -0.3 is 0 Å². The van der Waals surface area contributed by atoms with E-state index >= 15 is 0 Å². The number of rotatable bonds is 2. The van der Waals surface area contributed by atoms with E-state index in [9.17, 15) is 42.7 Å². The van der Waals surface area contributed by atoms with Crippen LogP contribution in [0.5, 0.6) is 0 Å². The molecule has 0 unspecified atom stereocenters. The third-order valence-electron chi connectivity index (χ3n) is 1.87. The first-order chi connectivity index (χ1) is 8.00. The smallest absolute Gasteiger partial charge is 0.258 e. The number of nitro groups is 1. The fraction of sp³-hybridized carbons (Fsp3) is 0.143. The van der Waals surface area contributed by atoms with E-state index in [4.69, 9.17) is 0 Å². The molecule has 0 saturated carbocycles. The second-order valence-corrected chi connectivity index (χ2v) is 5.85. The highest BCUT2D eigenvalue weighted by molar-refractivity contribution is 8.45. The zero-order chi connectivity index (χ0) is 15.3. The fourth-order valence-corrected chi connectivity index (χ4v) is 1.77. The normalized spacial score (nSPS) is 16.6. The van der Waals surface area contributed by atoms with E-state index in [-0.39, 0.29) is 6.07 Å². The molecule has 1 rings (SSSR count). The van der Waals surface area contributed by atoms with Crippen molar-refractivity contribution in [3.8, 4) is 0 Å². The summed E-state index contributed by atoms with van der Waals surface area (Å²) in [6.45, 7) is 0. The Morgan fingerprint density at radius 1 is 1.00 bits per heavy atom. The van der Waals surface area contributed by atoms with Crippen molar-refractivity contribution in [1.82, 2.24) is 0 Å². The minimum Gasteiger partial charge on any atom is -0.258 e. The molecule has 0 atom stereocenters. The zero-order valence-corrected chi connectivity index (χ0v) is 9.24. The molecular formula is C7H3F8NO2S. The van der Waals surface area contributed by atoms with Gasteiger partial charge in [-0.3, -0.25) is 10.1 Å². The first-order valence-electron chi connectivity index (χ1n) is 4.11. The summed E-state index contributed by atoms with van der Waals surface area (Å²) in [5.41, 5.74) is -3.90. The van der Waals surface area contributed by atoms with Gasteiger partial charge in [0.15, 0.2) is 0 Å². The Bertz CT molecular complexity index is 548. The van der Waals surface area contributed by atoms with Crippen LogP contribution in [0.15, 0.2) is 23.1 Å². The zero-order valence-electron chi connectivity index (χ0n) is 8.43. The topological polar surface area (TPSA) is 43.1 Å². The van der Waals surface area contributed by atoms with Crippen LogP contribution >= 0.6 is 10.2 Å². The molecule has 0 heterocycles. The molecule has 0 saturated heterocycles. The van der Waals surface area contributed by atoms with E-state index in [1.165, 1.54) is 0 Å². The van der Waals surface area contributed by atoms with Crippen LogP contribution in [0.25, 0.3) is 0 Å². The van der Waals surface area contributed by atoms with Crippen LogP contribution in [0, 0.1) is 10.1 Å². The molecule has 3 nitrogen and oxygen atoms in total. The van der Waals surface area contributed by atoms with Crippen LogP contribution in [-0.4, -0.2) is 4.92 Å². The molecule has 0 spiro atoms. The molecule has 0 aliphatic rings. The van der Waals surface area contributed by atoms with Gasteiger partial charge >= 0.3 is 16.4 Å². The molecule has 110 valence electrons. The van der Waals surface area contributed by atoms with Gasteiger partial charge in [0.25, 0.3) is 5.69 Å². The number of hydrogen-bond donors (Lipinski definition) is 0. The van der Waals surface area contributed by atoms with Gasteiger partial charge in [0, 0.05) is 12.1 Å². The number of benzene rings is 1. The van der Waals surface area contributed by atoms with E-state index in [0.29, 0.717) is 0 Å². The number of hydrogen-bond acceptors (Lipinski definition) is 2. The highest BCUT2D eigenvalue weighted by atomic mass is 32.5. The summed E-state index contributed by atoms with van der Waals surface area (Å²) in [4.78, 5) is 5.63. The lowest BCUT2D eigenvalue weighted by Crippen LogP contribution is -2.11. The summed E-state index contributed by atoms with van der Waals surface area (Å²) in [5, 5.41) is 10.2. The monoisotopic (exact) mass is 317 g/mol. The Kier molecular flexibility index (Phi) is 2.68. The van der Waals surface area contributed by atoms with Crippen molar-refractivity contribution < 1.29 is 37.5 Å². The van der Waals surface area contributed by atoms with Crippen LogP contribution in [0.2, 0.25) is 0 Å². The highest BCUT2D eigenvalue weighted by Crippen LogP contribution is 3.02. The molecule has 1 aromatic rings. The van der Waals surface area contributed by atoms with Gasteiger partial charge in [0.2, 0.25) is 0 Å². The standard InChI is InChI=1S/C7H3F8NO2S/c8-7(9,10)4-1-5(16(17)18)3-6(2-4)19(11,12,13,14)15/h1-3H. The quantitative estimate of drug-likeness (QED) is 0.423. The van der Waals surface area contributed by atoms with Gasteiger partial charge in [-0.15, -0.1) is 0 Å². The summed E-state index contributed by atoms with van der Waals surface area (Å²) in [5.74, 6) is 0. The number of nitrogens with zero attached hydrogens (tertiary/aromatic N) is 1. The molecular weight excluding hydrogens is 314 g/mol. The van der Waals surface area contributed by atoms with Gasteiger partial charge in [-0.25, -0.2) is 0 Å². The minimum absolute atomic E-state index is 0.257. The minimum atomic E-state index is -10.4. The van der Waals surface area contributed by atoms with Gasteiger partial charge in [0.1, 0.15) is 4.90 Å². The summed E-state index contributed by atoms with van der Waals surface area (Å²) >= 11 is 0. The second kappa shape index (κ2) is 3.29. The predicted octanol–water partition coefficient (Wildman–Crippen LogP) is 5.27. The molecule has 0 N–H and O–H groups in total. The third kappa shape index (κ3) is 3.68. The molecule has 0 aromatic heterocycles. The van der Waals surface area contributed by atoms with Crippen LogP contribution in [-0.2, 0) is 6.18 Å². The Labute approximate surface area is 99.2 Å². The van der Waals surface area contributed by atoms with Crippen molar-refractivity contribution in [2.45, 2.75) is 11.1 Å². The molecule has 0 radical (unpaired) electrons. The number of non-ortho nitro benzene ring substituents is 1. The molecule has 0 fully saturated rings. The van der Waals surface area contributed by atoms with Crippen LogP contribution in [0.1, 0.15) is 5.56 Å². The van der Waals surface area contributed by atoms with E-state index in [0.717, 1.165) is 0 Å². The Morgan fingerprint density at radius 2 is 1.47 bits per heavy atom. The molecule has 0 amide bonds. The lowest BCUT2D eigenvalue weighted by Gasteiger charge is -2.40. The Hall–Kier alpha value is -1.59. The number of nitro benzene ring substituents is 1. The molecule has 0 bridgehead atoms. The Balaban J connectivity index is 3.71. The highest BCUT2D eigenvalue weighted by Gasteiger charge is 2.66. The van der Waals surface area contributed by atoms with Crippen LogP contribution in [0.3, 0.4) is 0 Å².